The van der Waals surface area contributed by atoms with Crippen molar-refractivity contribution in [2.75, 3.05) is 0 Å². The van der Waals surface area contributed by atoms with Crippen LogP contribution in [-0.2, 0) is 0 Å². The van der Waals surface area contributed by atoms with Crippen molar-refractivity contribution in [3.63, 3.8) is 0 Å². The second-order valence-electron chi connectivity index (χ2n) is 5.04. The van der Waals surface area contributed by atoms with Gasteiger partial charge in [-0.1, -0.05) is 19.4 Å². The molecule has 2 heterocycles. The molecule has 108 valence electrons. The molecule has 0 saturated carbocycles. The molecule has 0 aliphatic carbocycles. The lowest BCUT2D eigenvalue weighted by Gasteiger charge is -2.15. The van der Waals surface area contributed by atoms with Crippen molar-refractivity contribution in [1.82, 2.24) is 10.3 Å². The van der Waals surface area contributed by atoms with E-state index in [0.29, 0.717) is 11.3 Å². The summed E-state index contributed by atoms with van der Waals surface area (Å²) in [5, 5.41) is 4.90. The molecular formula is C15H20IN3O. The molecule has 5 heteroatoms. The van der Waals surface area contributed by atoms with Crippen molar-refractivity contribution in [3.05, 3.63) is 42.6 Å². The summed E-state index contributed by atoms with van der Waals surface area (Å²) in [6.07, 6.45) is 9.81. The highest BCUT2D eigenvalue weighted by Crippen LogP contribution is 2.04. The highest BCUT2D eigenvalue weighted by molar-refractivity contribution is 14.1. The number of H-pyrrole nitrogens is 1. The van der Waals surface area contributed by atoms with Crippen molar-refractivity contribution >= 4 is 28.7 Å². The van der Waals surface area contributed by atoms with E-state index >= 15 is 0 Å². The van der Waals surface area contributed by atoms with Crippen LogP contribution in [0.15, 0.2) is 27.9 Å². The molecule has 0 fully saturated rings. The van der Waals surface area contributed by atoms with Gasteiger partial charge in [-0.25, -0.2) is 4.99 Å². The van der Waals surface area contributed by atoms with Gasteiger partial charge in [0, 0.05) is 12.2 Å². The van der Waals surface area contributed by atoms with Crippen molar-refractivity contribution in [2.45, 2.75) is 45.6 Å². The summed E-state index contributed by atoms with van der Waals surface area (Å²) in [6.45, 7) is 4.34. The number of aromatic amines is 1. The molecule has 1 aromatic heterocycles. The summed E-state index contributed by atoms with van der Waals surface area (Å²) in [6, 6.07) is 0.390. The first-order valence-electron chi connectivity index (χ1n) is 7.04. The Bertz CT molecular complexity index is 675. The van der Waals surface area contributed by atoms with Crippen molar-refractivity contribution < 1.29 is 0 Å². The minimum absolute atomic E-state index is 0.0629. The van der Waals surface area contributed by atoms with Crippen molar-refractivity contribution in [3.8, 4) is 0 Å². The average molecular weight is 385 g/mol. The topological polar surface area (TPSA) is 57.2 Å². The van der Waals surface area contributed by atoms with Gasteiger partial charge in [0.1, 0.15) is 5.82 Å². The fraction of sp³-hybridized carbons (Fsp3) is 0.467. The fourth-order valence-electron chi connectivity index (χ4n) is 2.28. The third-order valence-electron chi connectivity index (χ3n) is 3.26. The first kappa shape index (κ1) is 15.3. The average Bonchev–Trinajstić information content (AvgIpc) is 2.37. The number of allylic oxidation sites excluding steroid dienone is 1. The maximum atomic E-state index is 11.9. The number of pyridine rings is 1. The lowest BCUT2D eigenvalue weighted by atomic mass is 10.2. The largest absolute Gasteiger partial charge is 0.368 e. The standard InChI is InChI=1S/C15H20IN3O/c1-3-6-10(2)18-13-8-5-4-7-11-14(19-13)12(16)9-17-15(11)20/h7-10,18H,3-6H2,1-2H3,(H,17,20)/b11-7+,13-8-,19-14+. The third-order valence-corrected chi connectivity index (χ3v) is 4.08. The van der Waals surface area contributed by atoms with E-state index in [1.807, 2.05) is 6.08 Å². The van der Waals surface area contributed by atoms with Crippen molar-refractivity contribution in [1.29, 1.82) is 0 Å². The molecule has 0 aromatic carbocycles. The summed E-state index contributed by atoms with van der Waals surface area (Å²) >= 11 is 2.21. The van der Waals surface area contributed by atoms with E-state index < -0.39 is 0 Å². The second kappa shape index (κ2) is 7.06. The Balaban J connectivity index is 2.47. The van der Waals surface area contributed by atoms with E-state index in [1.54, 1.807) is 6.20 Å². The quantitative estimate of drug-likeness (QED) is 0.777. The van der Waals surface area contributed by atoms with Gasteiger partial charge in [-0.15, -0.1) is 0 Å². The minimum Gasteiger partial charge on any atom is -0.368 e. The third kappa shape index (κ3) is 3.71. The fourth-order valence-corrected chi connectivity index (χ4v) is 2.84. The van der Waals surface area contributed by atoms with Crippen LogP contribution in [0, 0.1) is 3.57 Å². The van der Waals surface area contributed by atoms with Crippen LogP contribution in [0.4, 0.5) is 0 Å². The number of hydrogen-bond acceptors (Lipinski definition) is 3. The number of aromatic nitrogens is 1. The zero-order chi connectivity index (χ0) is 14.5. The monoisotopic (exact) mass is 385 g/mol. The Kier molecular flexibility index (Phi) is 5.39. The van der Waals surface area contributed by atoms with Gasteiger partial charge in [-0.2, -0.15) is 0 Å². The van der Waals surface area contributed by atoms with Gasteiger partial charge in [-0.3, -0.25) is 4.79 Å². The normalized spacial score (nSPS) is 21.9. The molecule has 1 aliphatic heterocycles. The molecule has 4 nitrogen and oxygen atoms in total. The predicted molar refractivity (Wildman–Crippen MR) is 89.8 cm³/mol. The highest BCUT2D eigenvalue weighted by atomic mass is 127. The van der Waals surface area contributed by atoms with Gasteiger partial charge >= 0.3 is 0 Å². The number of rotatable bonds is 4. The Morgan fingerprint density at radius 1 is 1.45 bits per heavy atom. The molecule has 0 radical (unpaired) electrons. The Hall–Kier alpha value is -1.11. The van der Waals surface area contributed by atoms with E-state index in [-0.39, 0.29) is 5.56 Å². The van der Waals surface area contributed by atoms with E-state index in [0.717, 1.165) is 40.4 Å². The van der Waals surface area contributed by atoms with Gasteiger partial charge in [0.25, 0.3) is 5.56 Å². The molecule has 2 N–H and O–H groups in total. The van der Waals surface area contributed by atoms with Crippen LogP contribution in [0.3, 0.4) is 0 Å². The smallest absolute Gasteiger partial charge is 0.257 e. The van der Waals surface area contributed by atoms with Gasteiger partial charge in [0.15, 0.2) is 0 Å². The summed E-state index contributed by atoms with van der Waals surface area (Å²) in [5.74, 6) is 0.879. The zero-order valence-corrected chi connectivity index (χ0v) is 14.0. The van der Waals surface area contributed by atoms with Gasteiger partial charge < -0.3 is 10.3 Å². The van der Waals surface area contributed by atoms with Crippen LogP contribution < -0.4 is 21.5 Å². The van der Waals surface area contributed by atoms with Crippen LogP contribution in [0.5, 0.6) is 0 Å². The molecule has 1 atom stereocenters. The number of halogens is 1. The summed E-state index contributed by atoms with van der Waals surface area (Å²) in [5.41, 5.74) is -0.0629. The number of fused-ring (bicyclic) bond motifs is 1. The molecule has 2 rings (SSSR count). The van der Waals surface area contributed by atoms with Gasteiger partial charge in [-0.05, 0) is 54.9 Å². The Morgan fingerprint density at radius 3 is 2.95 bits per heavy atom. The van der Waals surface area contributed by atoms with E-state index in [1.165, 1.54) is 0 Å². The van der Waals surface area contributed by atoms with Crippen LogP contribution >= 0.6 is 22.6 Å². The molecule has 0 amide bonds. The van der Waals surface area contributed by atoms with E-state index in [4.69, 9.17) is 0 Å². The van der Waals surface area contributed by atoms with E-state index in [2.05, 4.69) is 57.8 Å². The first-order chi connectivity index (χ1) is 9.61. The maximum absolute atomic E-state index is 11.9. The SMILES string of the molecule is CCCC(C)NC1=C\CC/C=c2/c(=O)[nH]cc(I)/c2=N/1. The molecule has 1 unspecified atom stereocenters. The molecule has 20 heavy (non-hydrogen) atoms. The molecule has 0 bridgehead atoms. The molecular weight excluding hydrogens is 365 g/mol. The van der Waals surface area contributed by atoms with Crippen molar-refractivity contribution in [2.24, 2.45) is 4.99 Å². The van der Waals surface area contributed by atoms with Gasteiger partial charge in [0.05, 0.1) is 14.1 Å². The molecule has 0 spiro atoms. The number of hydrogen-bond donors (Lipinski definition) is 2. The second-order valence-corrected chi connectivity index (χ2v) is 6.21. The lowest BCUT2D eigenvalue weighted by molar-refractivity contribution is 0.553. The molecule has 1 aliphatic rings. The van der Waals surface area contributed by atoms with Crippen LogP contribution in [0.25, 0.3) is 6.08 Å². The van der Waals surface area contributed by atoms with E-state index in [9.17, 15) is 4.79 Å². The zero-order valence-electron chi connectivity index (χ0n) is 11.9. The molecule has 0 saturated heterocycles. The maximum Gasteiger partial charge on any atom is 0.257 e. The first-order valence-corrected chi connectivity index (χ1v) is 8.12. The lowest BCUT2D eigenvalue weighted by Crippen LogP contribution is -2.43. The number of nitrogens with zero attached hydrogens (tertiary/aromatic N) is 1. The Labute approximate surface area is 132 Å². The Morgan fingerprint density at radius 2 is 2.20 bits per heavy atom. The number of nitrogens with one attached hydrogen (secondary N) is 2. The summed E-state index contributed by atoms with van der Waals surface area (Å²) in [7, 11) is 0. The summed E-state index contributed by atoms with van der Waals surface area (Å²) in [4.78, 5) is 19.4. The van der Waals surface area contributed by atoms with Crippen LogP contribution in [-0.4, -0.2) is 11.0 Å². The van der Waals surface area contributed by atoms with Crippen LogP contribution in [0.1, 0.15) is 39.5 Å². The highest BCUT2D eigenvalue weighted by Gasteiger charge is 2.06. The van der Waals surface area contributed by atoms with Gasteiger partial charge in [0.2, 0.25) is 0 Å². The minimum atomic E-state index is -0.0629. The molecule has 1 aromatic rings. The summed E-state index contributed by atoms with van der Waals surface area (Å²) < 4.78 is 0.964. The predicted octanol–water partition coefficient (Wildman–Crippen LogP) is 1.79. The van der Waals surface area contributed by atoms with Crippen LogP contribution in [0.2, 0.25) is 0 Å².